The Morgan fingerprint density at radius 1 is 1.23 bits per heavy atom. The highest BCUT2D eigenvalue weighted by atomic mass is 35.5. The van der Waals surface area contributed by atoms with Crippen LogP contribution in [0.25, 0.3) is 6.08 Å². The third-order valence-electron chi connectivity index (χ3n) is 6.34. The van der Waals surface area contributed by atoms with Crippen molar-refractivity contribution in [2.45, 2.75) is 26.8 Å². The number of methoxy groups -OCH3 is 1. The summed E-state index contributed by atoms with van der Waals surface area (Å²) < 4.78 is 13.0. The molecule has 7 nitrogen and oxygen atoms in total. The highest BCUT2D eigenvalue weighted by Gasteiger charge is 2.34. The Hall–Kier alpha value is -3.51. The number of terminal acetylenes is 1. The molecule has 4 rings (SSSR count). The number of thiazole rings is 1. The van der Waals surface area contributed by atoms with Crippen molar-refractivity contribution in [2.24, 2.45) is 4.99 Å². The van der Waals surface area contributed by atoms with Crippen LogP contribution < -0.4 is 24.4 Å². The van der Waals surface area contributed by atoms with Crippen molar-refractivity contribution in [1.82, 2.24) is 9.47 Å². The molecule has 202 valence electrons. The fraction of sp³-hybridized carbons (Fsp3) is 0.276. The van der Waals surface area contributed by atoms with Gasteiger partial charge in [0.05, 0.1) is 34.0 Å². The van der Waals surface area contributed by atoms with Crippen molar-refractivity contribution >= 4 is 46.5 Å². The molecular formula is C29H27Cl2N3O4S. The molecular weight excluding hydrogens is 557 g/mol. The van der Waals surface area contributed by atoms with Gasteiger partial charge < -0.3 is 14.4 Å². The highest BCUT2D eigenvalue weighted by Crippen LogP contribution is 2.37. The predicted octanol–water partition coefficient (Wildman–Crippen LogP) is 4.43. The van der Waals surface area contributed by atoms with Gasteiger partial charge in [-0.05, 0) is 62.2 Å². The maximum atomic E-state index is 13.9. The fourth-order valence-corrected chi connectivity index (χ4v) is 5.91. The molecule has 2 heterocycles. The zero-order chi connectivity index (χ0) is 28.3. The van der Waals surface area contributed by atoms with Gasteiger partial charge in [0.15, 0.2) is 16.3 Å². The molecule has 0 saturated carbocycles. The first-order chi connectivity index (χ1) is 18.7. The van der Waals surface area contributed by atoms with Crippen molar-refractivity contribution in [2.75, 3.05) is 26.8 Å². The Balaban J connectivity index is 1.91. The first-order valence-corrected chi connectivity index (χ1v) is 13.8. The third-order valence-corrected chi connectivity index (χ3v) is 7.85. The molecule has 0 bridgehead atoms. The van der Waals surface area contributed by atoms with Crippen LogP contribution >= 0.6 is 34.5 Å². The first-order valence-electron chi connectivity index (χ1n) is 12.2. The number of benzene rings is 2. The quantitative estimate of drug-likeness (QED) is 0.368. The van der Waals surface area contributed by atoms with Crippen LogP contribution in [0.2, 0.25) is 10.0 Å². The Morgan fingerprint density at radius 2 is 1.92 bits per heavy atom. The smallest absolute Gasteiger partial charge is 0.271 e. The van der Waals surface area contributed by atoms with Crippen LogP contribution in [-0.2, 0) is 4.79 Å². The summed E-state index contributed by atoms with van der Waals surface area (Å²) in [6, 6.07) is 9.89. The molecule has 0 spiro atoms. The van der Waals surface area contributed by atoms with E-state index in [-0.39, 0.29) is 18.1 Å². The van der Waals surface area contributed by atoms with Gasteiger partial charge in [-0.1, -0.05) is 52.6 Å². The minimum absolute atomic E-state index is 0.0343. The van der Waals surface area contributed by atoms with Crippen LogP contribution in [0, 0.1) is 12.3 Å². The zero-order valence-corrected chi connectivity index (χ0v) is 24.3. The van der Waals surface area contributed by atoms with Crippen LogP contribution in [0.1, 0.15) is 37.9 Å². The van der Waals surface area contributed by atoms with Gasteiger partial charge in [0.1, 0.15) is 6.61 Å². The molecule has 0 fully saturated rings. The molecule has 1 aromatic heterocycles. The summed E-state index contributed by atoms with van der Waals surface area (Å²) in [6.07, 6.45) is 7.02. The molecule has 3 aromatic rings. The van der Waals surface area contributed by atoms with E-state index in [0.29, 0.717) is 60.8 Å². The second-order valence-corrected chi connectivity index (χ2v) is 10.5. The second-order valence-electron chi connectivity index (χ2n) is 8.64. The summed E-state index contributed by atoms with van der Waals surface area (Å²) in [5, 5.41) is 0.856. The van der Waals surface area contributed by atoms with Gasteiger partial charge in [-0.3, -0.25) is 14.2 Å². The number of halogens is 2. The lowest BCUT2D eigenvalue weighted by Gasteiger charge is -2.29. The van der Waals surface area contributed by atoms with Crippen LogP contribution in [0.3, 0.4) is 0 Å². The number of likely N-dealkylation sites (N-methyl/N-ethyl adjacent to an activating group) is 1. The summed E-state index contributed by atoms with van der Waals surface area (Å²) in [7, 11) is 1.50. The van der Waals surface area contributed by atoms with Gasteiger partial charge in [0.25, 0.3) is 11.5 Å². The van der Waals surface area contributed by atoms with Gasteiger partial charge in [-0.2, -0.15) is 0 Å². The average Bonchev–Trinajstić information content (AvgIpc) is 3.22. The standard InChI is InChI=1S/C29H27Cl2N3O4S/c1-6-13-38-26-21(31)14-18(15-22(26)37-5)16-23-27(35)34-25(19-9-11-20(30)12-10-19)24(17(4)32-29(34)39-23)28(36)33(7-2)8-3/h1,9-12,14-16,25H,7-8,13H2,2-5H3/b23-16+/t25-/m1/s1. The van der Waals surface area contributed by atoms with E-state index in [0.717, 1.165) is 5.56 Å². The van der Waals surface area contributed by atoms with Crippen molar-refractivity contribution in [3.63, 3.8) is 0 Å². The molecule has 1 amide bonds. The van der Waals surface area contributed by atoms with Crippen LogP contribution in [-0.4, -0.2) is 42.2 Å². The number of hydrogen-bond acceptors (Lipinski definition) is 6. The van der Waals surface area contributed by atoms with Gasteiger partial charge in [-0.15, -0.1) is 6.42 Å². The first kappa shape index (κ1) is 28.5. The number of carbonyl (C=O) groups excluding carboxylic acids is 1. The Labute approximate surface area is 240 Å². The van der Waals surface area contributed by atoms with Crippen LogP contribution in [0.15, 0.2) is 57.5 Å². The van der Waals surface area contributed by atoms with Gasteiger partial charge in [0, 0.05) is 18.1 Å². The van der Waals surface area contributed by atoms with E-state index in [2.05, 4.69) is 5.92 Å². The highest BCUT2D eigenvalue weighted by molar-refractivity contribution is 7.07. The summed E-state index contributed by atoms with van der Waals surface area (Å²) in [5.41, 5.74) is 2.14. The summed E-state index contributed by atoms with van der Waals surface area (Å²) in [6.45, 7) is 6.75. The largest absolute Gasteiger partial charge is 0.493 e. The lowest BCUT2D eigenvalue weighted by Crippen LogP contribution is -2.43. The molecule has 0 saturated heterocycles. The van der Waals surface area contributed by atoms with Crippen LogP contribution in [0.5, 0.6) is 11.5 Å². The lowest BCUT2D eigenvalue weighted by molar-refractivity contribution is -0.127. The molecule has 1 atom stereocenters. The number of aromatic nitrogens is 1. The molecule has 0 aliphatic carbocycles. The molecule has 1 aliphatic rings. The zero-order valence-electron chi connectivity index (χ0n) is 22.0. The average molecular weight is 585 g/mol. The lowest BCUT2D eigenvalue weighted by atomic mass is 9.94. The molecule has 0 unspecified atom stereocenters. The van der Waals surface area contributed by atoms with Crippen molar-refractivity contribution in [1.29, 1.82) is 0 Å². The van der Waals surface area contributed by atoms with Crippen LogP contribution in [0.4, 0.5) is 0 Å². The van der Waals surface area contributed by atoms with Gasteiger partial charge >= 0.3 is 0 Å². The van der Waals surface area contributed by atoms with E-state index in [4.69, 9.17) is 44.1 Å². The molecule has 2 aromatic carbocycles. The Kier molecular flexibility index (Phi) is 8.86. The van der Waals surface area contributed by atoms with E-state index in [1.807, 2.05) is 26.0 Å². The number of carbonyl (C=O) groups is 1. The normalized spacial score (nSPS) is 14.9. The minimum atomic E-state index is -0.661. The maximum absolute atomic E-state index is 13.9. The Bertz CT molecular complexity index is 1660. The number of nitrogens with zero attached hydrogens (tertiary/aromatic N) is 3. The Morgan fingerprint density at radius 3 is 2.54 bits per heavy atom. The van der Waals surface area contributed by atoms with Gasteiger partial charge in [-0.25, -0.2) is 4.99 Å². The molecule has 39 heavy (non-hydrogen) atoms. The number of ether oxygens (including phenoxy) is 2. The molecule has 1 aliphatic heterocycles. The monoisotopic (exact) mass is 583 g/mol. The predicted molar refractivity (Wildman–Crippen MR) is 155 cm³/mol. The van der Waals surface area contributed by atoms with E-state index >= 15 is 0 Å². The van der Waals surface area contributed by atoms with E-state index in [1.165, 1.54) is 18.4 Å². The van der Waals surface area contributed by atoms with Crippen molar-refractivity contribution in [3.8, 4) is 23.8 Å². The van der Waals surface area contributed by atoms with E-state index in [9.17, 15) is 9.59 Å². The fourth-order valence-electron chi connectivity index (χ4n) is 4.47. The summed E-state index contributed by atoms with van der Waals surface area (Å²) in [4.78, 5) is 34.5. The molecule has 10 heteroatoms. The van der Waals surface area contributed by atoms with E-state index in [1.54, 1.807) is 46.7 Å². The summed E-state index contributed by atoms with van der Waals surface area (Å²) in [5.74, 6) is 2.96. The number of rotatable bonds is 8. The second kappa shape index (κ2) is 12.1. The number of hydrogen-bond donors (Lipinski definition) is 0. The van der Waals surface area contributed by atoms with Crippen molar-refractivity contribution < 1.29 is 14.3 Å². The van der Waals surface area contributed by atoms with Gasteiger partial charge in [0.2, 0.25) is 0 Å². The topological polar surface area (TPSA) is 73.1 Å². The minimum Gasteiger partial charge on any atom is -0.493 e. The SMILES string of the molecule is C#CCOc1c(Cl)cc(/C=c2/sc3n(c2=O)[C@H](c2ccc(Cl)cc2)C(C(=O)N(CC)CC)=C(C)N=3)cc1OC. The number of amides is 1. The molecule has 0 N–H and O–H groups in total. The summed E-state index contributed by atoms with van der Waals surface area (Å²) >= 11 is 13.8. The third kappa shape index (κ3) is 5.62. The number of fused-ring (bicyclic) bond motifs is 1. The number of allylic oxidation sites excluding steroid dienone is 1. The maximum Gasteiger partial charge on any atom is 0.271 e. The van der Waals surface area contributed by atoms with Crippen molar-refractivity contribution in [3.05, 3.63) is 88.5 Å². The van der Waals surface area contributed by atoms with E-state index < -0.39 is 6.04 Å². The molecule has 0 radical (unpaired) electrons.